The van der Waals surface area contributed by atoms with Gasteiger partial charge >= 0.3 is 0 Å². The number of likely N-dealkylation sites (tertiary alicyclic amines) is 2. The summed E-state index contributed by atoms with van der Waals surface area (Å²) >= 11 is 0. The molecule has 4 amide bonds. The fourth-order valence-electron chi connectivity index (χ4n) is 5.14. The van der Waals surface area contributed by atoms with E-state index in [9.17, 15) is 19.2 Å². The molecule has 188 valence electrons. The van der Waals surface area contributed by atoms with E-state index in [-0.39, 0.29) is 42.7 Å². The Morgan fingerprint density at radius 3 is 1.94 bits per heavy atom. The zero-order valence-corrected chi connectivity index (χ0v) is 20.5. The number of carbonyl (C=O) groups excluding carboxylic acids is 4. The minimum absolute atomic E-state index is 0.0455. The lowest BCUT2D eigenvalue weighted by Crippen LogP contribution is -2.43. The first-order valence-electron chi connectivity index (χ1n) is 12.5. The number of imide groups is 1. The van der Waals surface area contributed by atoms with Gasteiger partial charge in [-0.3, -0.25) is 24.1 Å². The summed E-state index contributed by atoms with van der Waals surface area (Å²) in [6.07, 6.45) is 7.09. The molecule has 9 nitrogen and oxygen atoms in total. The van der Waals surface area contributed by atoms with Crippen LogP contribution in [0.1, 0.15) is 73.1 Å². The summed E-state index contributed by atoms with van der Waals surface area (Å²) in [5, 5.41) is 12.1. The van der Waals surface area contributed by atoms with Crippen LogP contribution < -0.4 is 5.32 Å². The lowest BCUT2D eigenvalue weighted by molar-refractivity contribution is -0.137. The highest BCUT2D eigenvalue weighted by atomic mass is 16.3. The zero-order chi connectivity index (χ0) is 25.1. The van der Waals surface area contributed by atoms with Gasteiger partial charge in [-0.15, -0.1) is 0 Å². The number of hydrogen-bond donors (Lipinski definition) is 2. The maximum atomic E-state index is 13.5. The van der Waals surface area contributed by atoms with Crippen LogP contribution in [0.15, 0.2) is 30.0 Å². The third-order valence-electron chi connectivity index (χ3n) is 7.17. The zero-order valence-electron chi connectivity index (χ0n) is 20.5. The normalized spacial score (nSPS) is 22.9. The molecular formula is C26H34N4O5. The largest absolute Gasteiger partial charge is 0.395 e. The first-order valence-corrected chi connectivity index (χ1v) is 12.5. The van der Waals surface area contributed by atoms with Crippen molar-refractivity contribution in [1.29, 1.82) is 0 Å². The number of β-amino-alcohol motifs (C(OH)–C–C–N with tert-alkyl or cyclic N) is 1. The monoisotopic (exact) mass is 482 g/mol. The highest BCUT2D eigenvalue weighted by molar-refractivity contribution is 6.17. The number of anilines is 1. The number of hydrogen-bond acceptors (Lipinski definition) is 6. The Morgan fingerprint density at radius 2 is 1.46 bits per heavy atom. The topological polar surface area (TPSA) is 110 Å². The lowest BCUT2D eigenvalue weighted by atomic mass is 9.99. The van der Waals surface area contributed by atoms with Crippen LogP contribution in [-0.4, -0.2) is 81.8 Å². The van der Waals surface area contributed by atoms with Crippen LogP contribution in [0.25, 0.3) is 0 Å². The number of aliphatic hydroxyl groups excluding tert-OH is 1. The highest BCUT2D eigenvalue weighted by Gasteiger charge is 2.32. The maximum absolute atomic E-state index is 13.5. The molecule has 0 aliphatic carbocycles. The van der Waals surface area contributed by atoms with E-state index in [1.54, 1.807) is 18.2 Å². The molecule has 2 atom stereocenters. The van der Waals surface area contributed by atoms with Crippen molar-refractivity contribution in [2.75, 3.05) is 31.6 Å². The van der Waals surface area contributed by atoms with Gasteiger partial charge in [-0.2, -0.15) is 0 Å². The van der Waals surface area contributed by atoms with Crippen LogP contribution >= 0.6 is 0 Å². The van der Waals surface area contributed by atoms with Crippen molar-refractivity contribution in [3.63, 3.8) is 0 Å². The lowest BCUT2D eigenvalue weighted by Gasteiger charge is -2.34. The van der Waals surface area contributed by atoms with Crippen LogP contribution in [0.4, 0.5) is 5.69 Å². The van der Waals surface area contributed by atoms with Crippen LogP contribution in [0.5, 0.6) is 0 Å². The first kappa shape index (κ1) is 24.9. The van der Waals surface area contributed by atoms with E-state index in [2.05, 4.69) is 5.32 Å². The quantitative estimate of drug-likeness (QED) is 0.603. The smallest absolute Gasteiger partial charge is 0.277 e. The van der Waals surface area contributed by atoms with E-state index in [1.807, 2.05) is 23.6 Å². The molecule has 3 heterocycles. The Kier molecular flexibility index (Phi) is 7.54. The minimum atomic E-state index is -0.553. The standard InChI is InChI=1S/C26H34N4O5/c1-17-7-3-5-9-28(17)24(33)19-13-20(25(34)29-10-6-4-8-18(29)2)15-21(14-19)27-22-16-23(32)30(11-12-31)26(22)35/h13-18,27,31H,3-12H2,1-2H3. The maximum Gasteiger partial charge on any atom is 0.277 e. The summed E-state index contributed by atoms with van der Waals surface area (Å²) in [4.78, 5) is 56.4. The molecule has 2 unspecified atom stereocenters. The van der Waals surface area contributed by atoms with E-state index < -0.39 is 11.8 Å². The molecule has 4 rings (SSSR count). The fourth-order valence-corrected chi connectivity index (χ4v) is 5.14. The van der Waals surface area contributed by atoms with Crippen LogP contribution in [0.2, 0.25) is 0 Å². The molecule has 2 saturated heterocycles. The predicted octanol–water partition coefficient (Wildman–Crippen LogP) is 2.37. The van der Waals surface area contributed by atoms with Gasteiger partial charge in [0.15, 0.2) is 0 Å². The summed E-state index contributed by atoms with van der Waals surface area (Å²) < 4.78 is 0. The van der Waals surface area contributed by atoms with Crippen molar-refractivity contribution < 1.29 is 24.3 Å². The van der Waals surface area contributed by atoms with Crippen molar-refractivity contribution in [1.82, 2.24) is 14.7 Å². The third-order valence-corrected chi connectivity index (χ3v) is 7.17. The Hall–Kier alpha value is -3.20. The number of rotatable bonds is 6. The molecule has 2 N–H and O–H groups in total. The number of nitrogens with one attached hydrogen (secondary N) is 1. The van der Waals surface area contributed by atoms with Gasteiger partial charge in [0.25, 0.3) is 23.6 Å². The molecule has 35 heavy (non-hydrogen) atoms. The number of benzene rings is 1. The fraction of sp³-hybridized carbons (Fsp3) is 0.538. The molecule has 1 aromatic carbocycles. The molecule has 0 bridgehead atoms. The average molecular weight is 483 g/mol. The molecular weight excluding hydrogens is 448 g/mol. The van der Waals surface area contributed by atoms with Crippen LogP contribution in [0, 0.1) is 0 Å². The van der Waals surface area contributed by atoms with E-state index in [4.69, 9.17) is 5.11 Å². The second-order valence-corrected chi connectivity index (χ2v) is 9.69. The van der Waals surface area contributed by atoms with Gasteiger partial charge in [-0.1, -0.05) is 0 Å². The Bertz CT molecular complexity index is 1000. The van der Waals surface area contributed by atoms with Crippen LogP contribution in [0.3, 0.4) is 0 Å². The second-order valence-electron chi connectivity index (χ2n) is 9.69. The van der Waals surface area contributed by atoms with E-state index in [0.717, 1.165) is 43.4 Å². The minimum Gasteiger partial charge on any atom is -0.395 e. The molecule has 0 radical (unpaired) electrons. The van der Waals surface area contributed by atoms with Gasteiger partial charge in [0.1, 0.15) is 5.70 Å². The summed E-state index contributed by atoms with van der Waals surface area (Å²) in [5.74, 6) is -1.36. The summed E-state index contributed by atoms with van der Waals surface area (Å²) in [6.45, 7) is 4.97. The van der Waals surface area contributed by atoms with Crippen molar-refractivity contribution >= 4 is 29.3 Å². The van der Waals surface area contributed by atoms with E-state index >= 15 is 0 Å². The first-order chi connectivity index (χ1) is 16.8. The van der Waals surface area contributed by atoms with E-state index in [0.29, 0.717) is 29.9 Å². The summed E-state index contributed by atoms with van der Waals surface area (Å²) in [7, 11) is 0. The molecule has 2 fully saturated rings. The number of carbonyl (C=O) groups is 4. The Labute approximate surface area is 205 Å². The van der Waals surface area contributed by atoms with Crippen molar-refractivity contribution in [2.45, 2.75) is 64.5 Å². The van der Waals surface area contributed by atoms with Crippen molar-refractivity contribution in [2.24, 2.45) is 0 Å². The predicted molar refractivity (Wildman–Crippen MR) is 131 cm³/mol. The van der Waals surface area contributed by atoms with Crippen LogP contribution in [-0.2, 0) is 9.59 Å². The molecule has 0 aromatic heterocycles. The van der Waals surface area contributed by atoms with E-state index in [1.165, 1.54) is 6.08 Å². The molecule has 3 aliphatic heterocycles. The average Bonchev–Trinajstić information content (AvgIpc) is 3.11. The summed E-state index contributed by atoms with van der Waals surface area (Å²) in [5.41, 5.74) is 1.19. The molecule has 1 aromatic rings. The third kappa shape index (κ3) is 5.24. The van der Waals surface area contributed by atoms with Gasteiger partial charge in [0.05, 0.1) is 13.2 Å². The van der Waals surface area contributed by atoms with Gasteiger partial charge in [-0.05, 0) is 70.6 Å². The number of amides is 4. The van der Waals surface area contributed by atoms with Gasteiger partial charge in [-0.25, -0.2) is 0 Å². The second kappa shape index (κ2) is 10.6. The molecule has 0 saturated carbocycles. The van der Waals surface area contributed by atoms with Crippen molar-refractivity contribution in [3.8, 4) is 0 Å². The highest BCUT2D eigenvalue weighted by Crippen LogP contribution is 2.26. The number of piperidine rings is 2. The van der Waals surface area contributed by atoms with Crippen molar-refractivity contribution in [3.05, 3.63) is 41.1 Å². The van der Waals surface area contributed by atoms with Gasteiger partial charge in [0, 0.05) is 48.1 Å². The number of aliphatic hydroxyl groups is 1. The Morgan fingerprint density at radius 1 is 0.914 bits per heavy atom. The molecule has 9 heteroatoms. The van der Waals surface area contributed by atoms with Gasteiger partial charge in [0.2, 0.25) is 0 Å². The SMILES string of the molecule is CC1CCCCN1C(=O)c1cc(NC2=CC(=O)N(CCO)C2=O)cc(C(=O)N2CCCCC2C)c1. The molecule has 0 spiro atoms. The Balaban J connectivity index is 1.67. The summed E-state index contributed by atoms with van der Waals surface area (Å²) in [6, 6.07) is 5.13. The molecule has 3 aliphatic rings. The van der Waals surface area contributed by atoms with Gasteiger partial charge < -0.3 is 20.2 Å². The number of nitrogens with zero attached hydrogens (tertiary/aromatic N) is 3.